The van der Waals surface area contributed by atoms with Crippen LogP contribution in [0.5, 0.6) is 0 Å². The van der Waals surface area contributed by atoms with Crippen molar-refractivity contribution in [3.05, 3.63) is 58.4 Å². The van der Waals surface area contributed by atoms with E-state index in [4.69, 9.17) is 4.42 Å². The maximum Gasteiger partial charge on any atom is 0.259 e. The summed E-state index contributed by atoms with van der Waals surface area (Å²) in [6, 6.07) is 5.22. The van der Waals surface area contributed by atoms with Crippen LogP contribution in [0, 0.1) is 0 Å². The SMILES string of the molecule is O=C(c1c[nH]ccc1=O)N(Cc1ccco1)C1CCCC1. The molecule has 0 radical (unpaired) electrons. The summed E-state index contributed by atoms with van der Waals surface area (Å²) in [7, 11) is 0. The summed E-state index contributed by atoms with van der Waals surface area (Å²) in [4.78, 5) is 29.2. The third-order valence-electron chi connectivity index (χ3n) is 3.99. The fourth-order valence-electron chi connectivity index (χ4n) is 2.89. The van der Waals surface area contributed by atoms with Crippen molar-refractivity contribution in [2.24, 2.45) is 0 Å². The number of amides is 1. The van der Waals surface area contributed by atoms with Gasteiger partial charge in [-0.2, -0.15) is 0 Å². The van der Waals surface area contributed by atoms with Crippen molar-refractivity contribution in [1.29, 1.82) is 0 Å². The Bertz CT molecular complexity index is 654. The first kappa shape index (κ1) is 13.7. The standard InChI is InChI=1S/C16H18N2O3/c19-15-7-8-17-10-14(15)16(20)18(12-4-1-2-5-12)11-13-6-3-9-21-13/h3,6-10,12H,1-2,4-5,11H2,(H,17,19). The lowest BCUT2D eigenvalue weighted by molar-refractivity contribution is 0.0647. The lowest BCUT2D eigenvalue weighted by Gasteiger charge is -2.28. The van der Waals surface area contributed by atoms with Gasteiger partial charge >= 0.3 is 0 Å². The fourth-order valence-corrected chi connectivity index (χ4v) is 2.89. The molecule has 1 aliphatic rings. The minimum absolute atomic E-state index is 0.183. The Morgan fingerprint density at radius 2 is 2.14 bits per heavy atom. The van der Waals surface area contributed by atoms with Crippen LogP contribution >= 0.6 is 0 Å². The second kappa shape index (κ2) is 5.99. The number of H-pyrrole nitrogens is 1. The van der Waals surface area contributed by atoms with Gasteiger partial charge in [-0.1, -0.05) is 12.8 Å². The summed E-state index contributed by atoms with van der Waals surface area (Å²) in [5.41, 5.74) is -0.0582. The van der Waals surface area contributed by atoms with Gasteiger partial charge in [-0.05, 0) is 25.0 Å². The van der Waals surface area contributed by atoms with Crippen molar-refractivity contribution < 1.29 is 9.21 Å². The van der Waals surface area contributed by atoms with Crippen LogP contribution in [-0.2, 0) is 6.54 Å². The molecule has 0 aliphatic heterocycles. The van der Waals surface area contributed by atoms with Crippen molar-refractivity contribution >= 4 is 5.91 Å². The van der Waals surface area contributed by atoms with E-state index < -0.39 is 0 Å². The molecule has 110 valence electrons. The van der Waals surface area contributed by atoms with Crippen LogP contribution in [0.4, 0.5) is 0 Å². The Labute approximate surface area is 122 Å². The Balaban J connectivity index is 1.89. The largest absolute Gasteiger partial charge is 0.467 e. The highest BCUT2D eigenvalue weighted by atomic mass is 16.3. The molecular formula is C16H18N2O3. The van der Waals surface area contributed by atoms with Gasteiger partial charge in [0.2, 0.25) is 0 Å². The highest BCUT2D eigenvalue weighted by Crippen LogP contribution is 2.26. The molecule has 2 aromatic heterocycles. The van der Waals surface area contributed by atoms with E-state index in [9.17, 15) is 9.59 Å². The first-order valence-corrected chi connectivity index (χ1v) is 7.26. The first-order valence-electron chi connectivity index (χ1n) is 7.26. The van der Waals surface area contributed by atoms with Crippen LogP contribution < -0.4 is 5.43 Å². The van der Waals surface area contributed by atoms with Crippen LogP contribution in [0.15, 0.2) is 46.1 Å². The molecule has 2 heterocycles. The average molecular weight is 286 g/mol. The Hall–Kier alpha value is -2.30. The van der Waals surface area contributed by atoms with E-state index in [0.717, 1.165) is 31.4 Å². The number of rotatable bonds is 4. The molecule has 2 aromatic rings. The number of aromatic amines is 1. The van der Waals surface area contributed by atoms with Gasteiger partial charge in [0.15, 0.2) is 5.43 Å². The molecule has 0 saturated heterocycles. The summed E-state index contributed by atoms with van der Waals surface area (Å²) in [5, 5.41) is 0. The molecule has 1 fully saturated rings. The van der Waals surface area contributed by atoms with Crippen LogP contribution in [0.25, 0.3) is 0 Å². The van der Waals surface area contributed by atoms with Gasteiger partial charge in [0.25, 0.3) is 5.91 Å². The number of pyridine rings is 1. The normalized spacial score (nSPS) is 15.2. The number of carbonyl (C=O) groups excluding carboxylic acids is 1. The van der Waals surface area contributed by atoms with Gasteiger partial charge in [0.05, 0.1) is 12.8 Å². The van der Waals surface area contributed by atoms with Crippen molar-refractivity contribution in [2.45, 2.75) is 38.3 Å². The molecule has 0 unspecified atom stereocenters. The predicted molar refractivity (Wildman–Crippen MR) is 77.9 cm³/mol. The molecular weight excluding hydrogens is 268 g/mol. The summed E-state index contributed by atoms with van der Waals surface area (Å²) in [6.45, 7) is 0.408. The molecule has 0 spiro atoms. The summed E-state index contributed by atoms with van der Waals surface area (Å²) in [5.74, 6) is 0.516. The molecule has 5 heteroatoms. The van der Waals surface area contributed by atoms with Gasteiger partial charge in [-0.3, -0.25) is 9.59 Å². The minimum atomic E-state index is -0.249. The third-order valence-corrected chi connectivity index (χ3v) is 3.99. The zero-order valence-corrected chi connectivity index (χ0v) is 11.7. The number of carbonyl (C=O) groups is 1. The minimum Gasteiger partial charge on any atom is -0.467 e. The van der Waals surface area contributed by atoms with E-state index in [2.05, 4.69) is 4.98 Å². The van der Waals surface area contributed by atoms with Crippen LogP contribution in [0.2, 0.25) is 0 Å². The van der Waals surface area contributed by atoms with Crippen LogP contribution in [0.3, 0.4) is 0 Å². The number of hydrogen-bond donors (Lipinski definition) is 1. The molecule has 21 heavy (non-hydrogen) atoms. The molecule has 0 atom stereocenters. The number of nitrogens with one attached hydrogen (secondary N) is 1. The molecule has 1 aliphatic carbocycles. The lowest BCUT2D eigenvalue weighted by Crippen LogP contribution is -2.40. The first-order chi connectivity index (χ1) is 10.3. The number of aromatic nitrogens is 1. The van der Waals surface area contributed by atoms with E-state index in [1.54, 1.807) is 11.2 Å². The van der Waals surface area contributed by atoms with E-state index in [1.807, 2.05) is 12.1 Å². The van der Waals surface area contributed by atoms with Gasteiger partial charge in [-0.15, -0.1) is 0 Å². The molecule has 1 saturated carbocycles. The fraction of sp³-hybridized carbons (Fsp3) is 0.375. The van der Waals surface area contributed by atoms with Gasteiger partial charge < -0.3 is 14.3 Å². The summed E-state index contributed by atoms with van der Waals surface area (Å²) in [6.07, 6.45) is 8.83. The second-order valence-electron chi connectivity index (χ2n) is 5.37. The molecule has 0 bridgehead atoms. The third kappa shape index (κ3) is 2.91. The van der Waals surface area contributed by atoms with Crippen molar-refractivity contribution in [2.75, 3.05) is 0 Å². The Morgan fingerprint density at radius 1 is 1.33 bits per heavy atom. The Morgan fingerprint density at radius 3 is 2.81 bits per heavy atom. The monoisotopic (exact) mass is 286 g/mol. The average Bonchev–Trinajstić information content (AvgIpc) is 3.18. The maximum atomic E-state index is 12.7. The topological polar surface area (TPSA) is 66.3 Å². The van der Waals surface area contributed by atoms with E-state index >= 15 is 0 Å². The maximum absolute atomic E-state index is 12.7. The van der Waals surface area contributed by atoms with E-state index in [1.165, 1.54) is 18.5 Å². The number of hydrogen-bond acceptors (Lipinski definition) is 3. The second-order valence-corrected chi connectivity index (χ2v) is 5.37. The molecule has 1 N–H and O–H groups in total. The zero-order chi connectivity index (χ0) is 14.7. The number of nitrogens with zero attached hydrogens (tertiary/aromatic N) is 1. The highest BCUT2D eigenvalue weighted by Gasteiger charge is 2.29. The van der Waals surface area contributed by atoms with Gasteiger partial charge in [0.1, 0.15) is 11.3 Å². The highest BCUT2D eigenvalue weighted by molar-refractivity contribution is 5.94. The zero-order valence-electron chi connectivity index (χ0n) is 11.7. The molecule has 3 rings (SSSR count). The smallest absolute Gasteiger partial charge is 0.259 e. The van der Waals surface area contributed by atoms with Gasteiger partial charge in [0, 0.05) is 24.5 Å². The summed E-state index contributed by atoms with van der Waals surface area (Å²) < 4.78 is 5.36. The van der Waals surface area contributed by atoms with Gasteiger partial charge in [-0.25, -0.2) is 0 Å². The summed E-state index contributed by atoms with van der Waals surface area (Å²) >= 11 is 0. The van der Waals surface area contributed by atoms with Crippen molar-refractivity contribution in [3.63, 3.8) is 0 Å². The lowest BCUT2D eigenvalue weighted by atomic mass is 10.1. The Kier molecular flexibility index (Phi) is 3.90. The van der Waals surface area contributed by atoms with Crippen LogP contribution in [0.1, 0.15) is 41.8 Å². The predicted octanol–water partition coefficient (Wildman–Crippen LogP) is 2.55. The van der Waals surface area contributed by atoms with E-state index in [-0.39, 0.29) is 22.9 Å². The van der Waals surface area contributed by atoms with E-state index in [0.29, 0.717) is 6.54 Å². The molecule has 1 amide bonds. The van der Waals surface area contributed by atoms with Crippen molar-refractivity contribution in [3.8, 4) is 0 Å². The van der Waals surface area contributed by atoms with Crippen molar-refractivity contribution in [1.82, 2.24) is 9.88 Å². The molecule has 5 nitrogen and oxygen atoms in total. The number of furan rings is 1. The van der Waals surface area contributed by atoms with Crippen LogP contribution in [-0.4, -0.2) is 21.8 Å². The quantitative estimate of drug-likeness (QED) is 0.939. The molecule has 0 aromatic carbocycles.